The average Bonchev–Trinajstić information content (AvgIpc) is 2.77. The van der Waals surface area contributed by atoms with Gasteiger partial charge in [0.1, 0.15) is 11.6 Å². The summed E-state index contributed by atoms with van der Waals surface area (Å²) in [6.07, 6.45) is 0. The van der Waals surface area contributed by atoms with Crippen molar-refractivity contribution >= 4 is 23.3 Å². The standard InChI is InChI=1S/C22H21F3N2O5/c1-14(28)16-4-7-19(18(23)12-16)26-8-10-27(11-9-26)20(29)13-31-21(30)15-2-5-17(6-3-15)32-22(24)25/h2-7,12,22H,8-11,13H2,1H3. The van der Waals surface area contributed by atoms with Crippen LogP contribution in [0.15, 0.2) is 42.5 Å². The number of nitrogens with zero attached hydrogens (tertiary/aromatic N) is 2. The van der Waals surface area contributed by atoms with Gasteiger partial charge in [-0.25, -0.2) is 9.18 Å². The molecule has 10 heteroatoms. The first kappa shape index (κ1) is 23.1. The van der Waals surface area contributed by atoms with Crippen LogP contribution < -0.4 is 9.64 Å². The molecular formula is C22H21F3N2O5. The normalized spacial score (nSPS) is 13.8. The summed E-state index contributed by atoms with van der Waals surface area (Å²) >= 11 is 0. The summed E-state index contributed by atoms with van der Waals surface area (Å²) < 4.78 is 47.9. The summed E-state index contributed by atoms with van der Waals surface area (Å²) in [5.41, 5.74) is 0.736. The number of hydrogen-bond donors (Lipinski definition) is 0. The highest BCUT2D eigenvalue weighted by Gasteiger charge is 2.24. The molecule has 3 rings (SSSR count). The molecule has 0 atom stereocenters. The third-order valence-corrected chi connectivity index (χ3v) is 4.97. The summed E-state index contributed by atoms with van der Waals surface area (Å²) in [7, 11) is 0. The minimum Gasteiger partial charge on any atom is -0.452 e. The van der Waals surface area contributed by atoms with Crippen molar-refractivity contribution in [3.8, 4) is 5.75 Å². The van der Waals surface area contributed by atoms with Crippen LogP contribution in [0.3, 0.4) is 0 Å². The van der Waals surface area contributed by atoms with Crippen molar-refractivity contribution in [2.24, 2.45) is 0 Å². The van der Waals surface area contributed by atoms with Gasteiger partial charge in [-0.1, -0.05) is 0 Å². The molecule has 0 spiro atoms. The van der Waals surface area contributed by atoms with E-state index < -0.39 is 30.9 Å². The molecule has 0 N–H and O–H groups in total. The zero-order valence-electron chi connectivity index (χ0n) is 17.2. The molecule has 0 bridgehead atoms. The van der Waals surface area contributed by atoms with Crippen LogP contribution in [0.4, 0.5) is 18.9 Å². The van der Waals surface area contributed by atoms with Gasteiger partial charge in [0.05, 0.1) is 11.3 Å². The molecule has 0 aromatic heterocycles. The molecule has 2 aromatic carbocycles. The number of halogens is 3. The van der Waals surface area contributed by atoms with Crippen molar-refractivity contribution in [3.05, 3.63) is 59.4 Å². The summed E-state index contributed by atoms with van der Waals surface area (Å²) in [4.78, 5) is 39.1. The van der Waals surface area contributed by atoms with E-state index in [9.17, 15) is 27.6 Å². The second-order valence-corrected chi connectivity index (χ2v) is 7.07. The Morgan fingerprint density at radius 2 is 1.59 bits per heavy atom. The molecule has 7 nitrogen and oxygen atoms in total. The first-order chi connectivity index (χ1) is 15.2. The zero-order chi connectivity index (χ0) is 23.3. The number of piperazine rings is 1. The topological polar surface area (TPSA) is 76.2 Å². The molecule has 1 aliphatic heterocycles. The van der Waals surface area contributed by atoms with Gasteiger partial charge in [0.25, 0.3) is 5.91 Å². The molecule has 1 fully saturated rings. The number of amides is 1. The lowest BCUT2D eigenvalue weighted by atomic mass is 10.1. The first-order valence-electron chi connectivity index (χ1n) is 9.80. The van der Waals surface area contributed by atoms with Gasteiger partial charge in [0.2, 0.25) is 0 Å². The van der Waals surface area contributed by atoms with Gasteiger partial charge in [-0.05, 0) is 49.4 Å². The first-order valence-corrected chi connectivity index (χ1v) is 9.80. The largest absolute Gasteiger partial charge is 0.452 e. The molecule has 1 amide bonds. The Morgan fingerprint density at radius 3 is 2.16 bits per heavy atom. The second kappa shape index (κ2) is 10.2. The molecule has 2 aromatic rings. The monoisotopic (exact) mass is 450 g/mol. The molecule has 1 saturated heterocycles. The smallest absolute Gasteiger partial charge is 0.387 e. The SMILES string of the molecule is CC(=O)c1ccc(N2CCN(C(=O)COC(=O)c3ccc(OC(F)F)cc3)CC2)c(F)c1. The Labute approximate surface area is 182 Å². The lowest BCUT2D eigenvalue weighted by Gasteiger charge is -2.36. The minimum atomic E-state index is -2.97. The van der Waals surface area contributed by atoms with E-state index in [1.165, 1.54) is 42.2 Å². The quantitative estimate of drug-likeness (QED) is 0.477. The Kier molecular flexibility index (Phi) is 7.34. The van der Waals surface area contributed by atoms with E-state index in [0.717, 1.165) is 0 Å². The van der Waals surface area contributed by atoms with Gasteiger partial charge in [-0.3, -0.25) is 9.59 Å². The second-order valence-electron chi connectivity index (χ2n) is 7.07. The number of anilines is 1. The van der Waals surface area contributed by atoms with Gasteiger partial charge in [0, 0.05) is 31.7 Å². The number of Topliss-reactive ketones (excluding diaryl/α,β-unsaturated/α-hetero) is 1. The van der Waals surface area contributed by atoms with Crippen molar-refractivity contribution in [3.63, 3.8) is 0 Å². The molecular weight excluding hydrogens is 429 g/mol. The fourth-order valence-corrected chi connectivity index (χ4v) is 3.25. The number of rotatable bonds is 7. The zero-order valence-corrected chi connectivity index (χ0v) is 17.2. The van der Waals surface area contributed by atoms with Crippen LogP contribution >= 0.6 is 0 Å². The predicted molar refractivity (Wildman–Crippen MR) is 109 cm³/mol. The molecule has 1 heterocycles. The van der Waals surface area contributed by atoms with Crippen molar-refractivity contribution in [2.45, 2.75) is 13.5 Å². The maximum atomic E-state index is 14.3. The third kappa shape index (κ3) is 5.77. The van der Waals surface area contributed by atoms with E-state index in [0.29, 0.717) is 31.9 Å². The van der Waals surface area contributed by atoms with E-state index in [2.05, 4.69) is 4.74 Å². The van der Waals surface area contributed by atoms with E-state index in [1.54, 1.807) is 17.0 Å². The number of carbonyl (C=O) groups is 3. The maximum absolute atomic E-state index is 14.3. The van der Waals surface area contributed by atoms with Crippen LogP contribution in [0, 0.1) is 5.82 Å². The highest BCUT2D eigenvalue weighted by molar-refractivity contribution is 5.94. The van der Waals surface area contributed by atoms with Crippen LogP contribution in [-0.4, -0.2) is 62.0 Å². The van der Waals surface area contributed by atoms with E-state index >= 15 is 0 Å². The number of esters is 1. The van der Waals surface area contributed by atoms with Crippen molar-refractivity contribution in [1.82, 2.24) is 4.90 Å². The van der Waals surface area contributed by atoms with Gasteiger partial charge in [0.15, 0.2) is 12.4 Å². The Hall–Kier alpha value is -3.56. The fraction of sp³-hybridized carbons (Fsp3) is 0.318. The Morgan fingerprint density at radius 1 is 0.969 bits per heavy atom. The Bertz CT molecular complexity index is 990. The van der Waals surface area contributed by atoms with Crippen molar-refractivity contribution < 1.29 is 37.0 Å². The molecule has 0 saturated carbocycles. The predicted octanol–water partition coefficient (Wildman–Crippen LogP) is 3.14. The average molecular weight is 450 g/mol. The molecule has 0 unspecified atom stereocenters. The lowest BCUT2D eigenvalue weighted by molar-refractivity contribution is -0.134. The van der Waals surface area contributed by atoms with Crippen LogP contribution in [-0.2, 0) is 9.53 Å². The highest BCUT2D eigenvalue weighted by Crippen LogP contribution is 2.22. The summed E-state index contributed by atoms with van der Waals surface area (Å²) in [6.45, 7) is -0.711. The number of benzene rings is 2. The van der Waals surface area contributed by atoms with Gasteiger partial charge >= 0.3 is 12.6 Å². The number of hydrogen-bond acceptors (Lipinski definition) is 6. The maximum Gasteiger partial charge on any atom is 0.387 e. The van der Waals surface area contributed by atoms with Crippen molar-refractivity contribution in [2.75, 3.05) is 37.7 Å². The van der Waals surface area contributed by atoms with Gasteiger partial charge in [-0.2, -0.15) is 8.78 Å². The minimum absolute atomic E-state index is 0.0914. The van der Waals surface area contributed by atoms with Crippen LogP contribution in [0.25, 0.3) is 0 Å². The summed E-state index contributed by atoms with van der Waals surface area (Å²) in [5.74, 6) is -2.00. The third-order valence-electron chi connectivity index (χ3n) is 4.97. The summed E-state index contributed by atoms with van der Waals surface area (Å²) in [6, 6.07) is 9.22. The van der Waals surface area contributed by atoms with Crippen LogP contribution in [0.1, 0.15) is 27.6 Å². The molecule has 170 valence electrons. The fourth-order valence-electron chi connectivity index (χ4n) is 3.25. The van der Waals surface area contributed by atoms with E-state index in [1.807, 2.05) is 0 Å². The lowest BCUT2D eigenvalue weighted by Crippen LogP contribution is -2.50. The molecule has 0 radical (unpaired) electrons. The number of ketones is 1. The van der Waals surface area contributed by atoms with Gasteiger partial charge < -0.3 is 19.3 Å². The molecule has 1 aliphatic rings. The molecule has 32 heavy (non-hydrogen) atoms. The van der Waals surface area contributed by atoms with Crippen molar-refractivity contribution in [1.29, 1.82) is 0 Å². The number of ether oxygens (including phenoxy) is 2. The van der Waals surface area contributed by atoms with E-state index in [-0.39, 0.29) is 22.7 Å². The highest BCUT2D eigenvalue weighted by atomic mass is 19.3. The van der Waals surface area contributed by atoms with Crippen LogP contribution in [0.2, 0.25) is 0 Å². The number of alkyl halides is 2. The molecule has 0 aliphatic carbocycles. The number of carbonyl (C=O) groups excluding carboxylic acids is 3. The van der Waals surface area contributed by atoms with Gasteiger partial charge in [-0.15, -0.1) is 0 Å². The summed E-state index contributed by atoms with van der Waals surface area (Å²) in [5, 5.41) is 0. The van der Waals surface area contributed by atoms with E-state index in [4.69, 9.17) is 4.74 Å². The Balaban J connectivity index is 1.48. The van der Waals surface area contributed by atoms with Crippen LogP contribution in [0.5, 0.6) is 5.75 Å².